The Bertz CT molecular complexity index is 566. The van der Waals surface area contributed by atoms with Gasteiger partial charge >= 0.3 is 0 Å². The highest BCUT2D eigenvalue weighted by Gasteiger charge is 2.24. The molecule has 0 spiro atoms. The molecule has 0 bridgehead atoms. The van der Waals surface area contributed by atoms with E-state index in [4.69, 9.17) is 18.6 Å². The smallest absolute Gasteiger partial charge is 0.131 e. The molecule has 0 radical (unpaired) electrons. The summed E-state index contributed by atoms with van der Waals surface area (Å²) in [7, 11) is 4.84. The third kappa shape index (κ3) is 2.77. The second-order valence-electron chi connectivity index (χ2n) is 4.26. The molecular formula is C15H17BrO4. The van der Waals surface area contributed by atoms with Gasteiger partial charge in [0, 0.05) is 12.1 Å². The predicted octanol–water partition coefficient (Wildman–Crippen LogP) is 4.10. The van der Waals surface area contributed by atoms with Crippen molar-refractivity contribution in [2.45, 2.75) is 11.8 Å². The minimum Gasteiger partial charge on any atom is -0.496 e. The average Bonchev–Trinajstić information content (AvgIpc) is 2.91. The van der Waals surface area contributed by atoms with E-state index in [2.05, 4.69) is 15.9 Å². The molecule has 0 aliphatic carbocycles. The molecule has 2 aromatic rings. The summed E-state index contributed by atoms with van der Waals surface area (Å²) in [5.41, 5.74) is 0.866. The Kier molecular flexibility index (Phi) is 4.60. The molecule has 108 valence electrons. The number of methoxy groups -OCH3 is 3. The van der Waals surface area contributed by atoms with Crippen molar-refractivity contribution in [1.82, 2.24) is 0 Å². The average molecular weight is 341 g/mol. The zero-order valence-electron chi connectivity index (χ0n) is 11.9. The fourth-order valence-electron chi connectivity index (χ4n) is 2.01. The highest BCUT2D eigenvalue weighted by atomic mass is 79.9. The molecule has 0 N–H and O–H groups in total. The first kappa shape index (κ1) is 14.8. The molecule has 0 saturated heterocycles. The number of furan rings is 1. The molecular weight excluding hydrogens is 324 g/mol. The largest absolute Gasteiger partial charge is 0.496 e. The lowest BCUT2D eigenvalue weighted by molar-refractivity contribution is 0.367. The number of hydrogen-bond donors (Lipinski definition) is 0. The first-order valence-corrected chi connectivity index (χ1v) is 7.02. The Balaban J connectivity index is 2.53. The van der Waals surface area contributed by atoms with Crippen LogP contribution in [-0.4, -0.2) is 21.3 Å². The first-order chi connectivity index (χ1) is 9.60. The molecule has 4 nitrogen and oxygen atoms in total. The van der Waals surface area contributed by atoms with E-state index in [9.17, 15) is 0 Å². The summed E-state index contributed by atoms with van der Waals surface area (Å²) in [6, 6.07) is 7.49. The van der Waals surface area contributed by atoms with Crippen LogP contribution in [0.25, 0.3) is 0 Å². The molecule has 0 amide bonds. The number of aryl methyl sites for hydroxylation is 1. The Morgan fingerprint density at radius 3 is 2.00 bits per heavy atom. The van der Waals surface area contributed by atoms with Gasteiger partial charge in [-0.15, -0.1) is 0 Å². The zero-order valence-corrected chi connectivity index (χ0v) is 13.5. The second-order valence-corrected chi connectivity index (χ2v) is 5.17. The van der Waals surface area contributed by atoms with Crippen LogP contribution in [0.3, 0.4) is 0 Å². The Hall–Kier alpha value is -1.62. The van der Waals surface area contributed by atoms with E-state index in [0.717, 1.165) is 17.1 Å². The molecule has 1 aromatic carbocycles. The Morgan fingerprint density at radius 2 is 1.60 bits per heavy atom. The lowest BCUT2D eigenvalue weighted by atomic mass is 10.1. The number of ether oxygens (including phenoxy) is 3. The van der Waals surface area contributed by atoms with Gasteiger partial charge in [-0.25, -0.2) is 0 Å². The van der Waals surface area contributed by atoms with Crippen LogP contribution < -0.4 is 14.2 Å². The topological polar surface area (TPSA) is 40.8 Å². The van der Waals surface area contributed by atoms with Crippen LogP contribution in [0, 0.1) is 6.92 Å². The van der Waals surface area contributed by atoms with Crippen molar-refractivity contribution in [2.75, 3.05) is 21.3 Å². The van der Waals surface area contributed by atoms with Crippen molar-refractivity contribution in [3.8, 4) is 17.2 Å². The summed E-state index contributed by atoms with van der Waals surface area (Å²) in [4.78, 5) is -0.160. The van der Waals surface area contributed by atoms with Crippen molar-refractivity contribution in [1.29, 1.82) is 0 Å². The molecule has 1 heterocycles. The van der Waals surface area contributed by atoms with Gasteiger partial charge in [-0.2, -0.15) is 0 Å². The highest BCUT2D eigenvalue weighted by molar-refractivity contribution is 9.09. The van der Waals surface area contributed by atoms with Crippen molar-refractivity contribution in [2.24, 2.45) is 0 Å². The summed E-state index contributed by atoms with van der Waals surface area (Å²) >= 11 is 3.64. The van der Waals surface area contributed by atoms with Crippen LogP contribution in [0.2, 0.25) is 0 Å². The second kappa shape index (κ2) is 6.22. The maximum atomic E-state index is 5.67. The first-order valence-electron chi connectivity index (χ1n) is 6.11. The number of benzene rings is 1. The summed E-state index contributed by atoms with van der Waals surface area (Å²) in [6.45, 7) is 1.91. The van der Waals surface area contributed by atoms with Gasteiger partial charge in [0.25, 0.3) is 0 Å². The number of halogens is 1. The zero-order chi connectivity index (χ0) is 14.7. The minimum atomic E-state index is -0.160. The molecule has 0 aliphatic heterocycles. The van der Waals surface area contributed by atoms with E-state index in [0.29, 0.717) is 17.2 Å². The van der Waals surface area contributed by atoms with Crippen molar-refractivity contribution >= 4 is 15.9 Å². The van der Waals surface area contributed by atoms with Crippen molar-refractivity contribution < 1.29 is 18.6 Å². The maximum Gasteiger partial charge on any atom is 0.131 e. The Morgan fingerprint density at radius 1 is 1.00 bits per heavy atom. The number of alkyl halides is 1. The van der Waals surface area contributed by atoms with Gasteiger partial charge in [0.1, 0.15) is 33.6 Å². The van der Waals surface area contributed by atoms with Crippen LogP contribution in [0.5, 0.6) is 17.2 Å². The fourth-order valence-corrected chi connectivity index (χ4v) is 2.71. The predicted molar refractivity (Wildman–Crippen MR) is 80.3 cm³/mol. The molecule has 0 saturated carbocycles. The van der Waals surface area contributed by atoms with Crippen LogP contribution in [0.1, 0.15) is 21.9 Å². The van der Waals surface area contributed by atoms with Crippen LogP contribution in [0.4, 0.5) is 0 Å². The number of rotatable bonds is 5. The van der Waals surface area contributed by atoms with E-state index in [1.54, 1.807) is 21.3 Å². The van der Waals surface area contributed by atoms with E-state index < -0.39 is 0 Å². The van der Waals surface area contributed by atoms with Gasteiger partial charge in [-0.3, -0.25) is 0 Å². The van der Waals surface area contributed by atoms with Gasteiger partial charge in [0.15, 0.2) is 0 Å². The van der Waals surface area contributed by atoms with Crippen LogP contribution in [-0.2, 0) is 0 Å². The SMILES string of the molecule is COc1cc(OC)c(C(Br)c2ccc(C)o2)c(OC)c1. The van der Waals surface area contributed by atoms with Crippen LogP contribution >= 0.6 is 15.9 Å². The quantitative estimate of drug-likeness (QED) is 0.768. The molecule has 5 heteroatoms. The van der Waals surface area contributed by atoms with Gasteiger partial charge in [0.2, 0.25) is 0 Å². The van der Waals surface area contributed by atoms with Crippen LogP contribution in [0.15, 0.2) is 28.7 Å². The third-order valence-electron chi connectivity index (χ3n) is 3.02. The summed E-state index contributed by atoms with van der Waals surface area (Å²) in [6.07, 6.45) is 0. The van der Waals surface area contributed by atoms with E-state index in [-0.39, 0.29) is 4.83 Å². The third-order valence-corrected chi connectivity index (χ3v) is 3.93. The normalized spacial score (nSPS) is 12.1. The summed E-state index contributed by atoms with van der Waals surface area (Å²) in [5, 5.41) is 0. The van der Waals surface area contributed by atoms with Gasteiger partial charge < -0.3 is 18.6 Å². The highest BCUT2D eigenvalue weighted by Crippen LogP contribution is 2.44. The van der Waals surface area contributed by atoms with Crippen molar-refractivity contribution in [3.05, 3.63) is 41.3 Å². The van der Waals surface area contributed by atoms with E-state index in [1.807, 2.05) is 31.2 Å². The van der Waals surface area contributed by atoms with Gasteiger partial charge in [0.05, 0.1) is 26.9 Å². The maximum absolute atomic E-state index is 5.67. The Labute approximate surface area is 126 Å². The lowest BCUT2D eigenvalue weighted by Crippen LogP contribution is -2.01. The summed E-state index contributed by atoms with van der Waals surface area (Å²) < 4.78 is 21.8. The molecule has 1 atom stereocenters. The molecule has 1 unspecified atom stereocenters. The molecule has 0 fully saturated rings. The minimum absolute atomic E-state index is 0.160. The summed E-state index contributed by atoms with van der Waals surface area (Å²) in [5.74, 6) is 3.69. The molecule has 20 heavy (non-hydrogen) atoms. The van der Waals surface area contributed by atoms with Gasteiger partial charge in [-0.05, 0) is 19.1 Å². The monoisotopic (exact) mass is 340 g/mol. The van der Waals surface area contributed by atoms with Gasteiger partial charge in [-0.1, -0.05) is 15.9 Å². The number of hydrogen-bond acceptors (Lipinski definition) is 4. The fraction of sp³-hybridized carbons (Fsp3) is 0.333. The molecule has 2 rings (SSSR count). The van der Waals surface area contributed by atoms with E-state index >= 15 is 0 Å². The lowest BCUT2D eigenvalue weighted by Gasteiger charge is -2.17. The standard InChI is InChI=1S/C15H17BrO4/c1-9-5-6-11(20-9)15(16)14-12(18-3)7-10(17-2)8-13(14)19-4/h5-8,15H,1-4H3. The molecule has 1 aromatic heterocycles. The molecule has 0 aliphatic rings. The van der Waals surface area contributed by atoms with Crippen molar-refractivity contribution in [3.63, 3.8) is 0 Å². The van der Waals surface area contributed by atoms with E-state index in [1.165, 1.54) is 0 Å².